The molecule has 0 saturated carbocycles. The SMILES string of the molecule is Cc1cc(Cl)nc(NC(=O)c2n[nH]c(C(C)C)n2)n1. The predicted octanol–water partition coefficient (Wildman–Crippen LogP) is 1.93. The van der Waals surface area contributed by atoms with Crippen molar-refractivity contribution >= 4 is 23.5 Å². The molecule has 2 aromatic heterocycles. The highest BCUT2D eigenvalue weighted by molar-refractivity contribution is 6.29. The number of nitrogens with one attached hydrogen (secondary N) is 2. The van der Waals surface area contributed by atoms with Crippen molar-refractivity contribution in [2.45, 2.75) is 26.7 Å². The smallest absolute Gasteiger partial charge is 0.288 e. The Balaban J connectivity index is 2.15. The number of hydrogen-bond donors (Lipinski definition) is 2. The lowest BCUT2D eigenvalue weighted by Gasteiger charge is -2.02. The van der Waals surface area contributed by atoms with Crippen molar-refractivity contribution in [1.82, 2.24) is 25.1 Å². The van der Waals surface area contributed by atoms with Crippen LogP contribution in [0.2, 0.25) is 5.15 Å². The van der Waals surface area contributed by atoms with E-state index in [0.29, 0.717) is 11.5 Å². The van der Waals surface area contributed by atoms with E-state index in [1.54, 1.807) is 13.0 Å². The van der Waals surface area contributed by atoms with Crippen LogP contribution >= 0.6 is 11.6 Å². The normalized spacial score (nSPS) is 10.8. The number of aromatic amines is 1. The Labute approximate surface area is 114 Å². The van der Waals surface area contributed by atoms with Crippen LogP contribution < -0.4 is 5.32 Å². The van der Waals surface area contributed by atoms with E-state index in [0.717, 1.165) is 0 Å². The molecule has 19 heavy (non-hydrogen) atoms. The third-order valence-electron chi connectivity index (χ3n) is 2.30. The molecule has 2 heterocycles. The Morgan fingerprint density at radius 2 is 2.11 bits per heavy atom. The van der Waals surface area contributed by atoms with Gasteiger partial charge in [-0.05, 0) is 13.0 Å². The second-order valence-corrected chi connectivity index (χ2v) is 4.70. The molecular formula is C11H13ClN6O. The number of amides is 1. The first-order chi connectivity index (χ1) is 8.95. The topological polar surface area (TPSA) is 96.5 Å². The highest BCUT2D eigenvalue weighted by Gasteiger charge is 2.15. The summed E-state index contributed by atoms with van der Waals surface area (Å²) in [4.78, 5) is 23.9. The molecule has 0 spiro atoms. The number of carbonyl (C=O) groups is 1. The lowest BCUT2D eigenvalue weighted by atomic mass is 10.2. The lowest BCUT2D eigenvalue weighted by Crippen LogP contribution is -2.16. The van der Waals surface area contributed by atoms with E-state index < -0.39 is 5.91 Å². The molecule has 0 atom stereocenters. The van der Waals surface area contributed by atoms with Crippen LogP contribution in [0.15, 0.2) is 6.07 Å². The molecule has 1 amide bonds. The number of hydrogen-bond acceptors (Lipinski definition) is 5. The molecule has 0 saturated heterocycles. The summed E-state index contributed by atoms with van der Waals surface area (Å²) in [5, 5.41) is 9.31. The standard InChI is InChI=1S/C11H13ClN6O/c1-5(2)8-15-9(18-17-8)10(19)16-11-13-6(3)4-7(12)14-11/h4-5H,1-3H3,(H,15,17,18)(H,13,14,16,19). The van der Waals surface area contributed by atoms with Crippen LogP contribution in [0.3, 0.4) is 0 Å². The number of rotatable bonds is 3. The zero-order valence-corrected chi connectivity index (χ0v) is 11.5. The fraction of sp³-hybridized carbons (Fsp3) is 0.364. The van der Waals surface area contributed by atoms with Gasteiger partial charge in [-0.3, -0.25) is 15.2 Å². The summed E-state index contributed by atoms with van der Waals surface area (Å²) in [6, 6.07) is 1.60. The maximum Gasteiger partial charge on any atom is 0.297 e. The predicted molar refractivity (Wildman–Crippen MR) is 70.2 cm³/mol. The van der Waals surface area contributed by atoms with Crippen LogP contribution in [0.1, 0.15) is 41.9 Å². The van der Waals surface area contributed by atoms with Gasteiger partial charge in [0, 0.05) is 11.6 Å². The van der Waals surface area contributed by atoms with Gasteiger partial charge >= 0.3 is 0 Å². The van der Waals surface area contributed by atoms with Gasteiger partial charge in [-0.1, -0.05) is 25.4 Å². The van der Waals surface area contributed by atoms with Crippen molar-refractivity contribution in [2.75, 3.05) is 5.32 Å². The monoisotopic (exact) mass is 280 g/mol. The summed E-state index contributed by atoms with van der Waals surface area (Å²) < 4.78 is 0. The molecule has 7 nitrogen and oxygen atoms in total. The summed E-state index contributed by atoms with van der Waals surface area (Å²) in [7, 11) is 0. The quantitative estimate of drug-likeness (QED) is 0.838. The highest BCUT2D eigenvalue weighted by Crippen LogP contribution is 2.11. The van der Waals surface area contributed by atoms with Crippen LogP contribution in [-0.2, 0) is 0 Å². The van der Waals surface area contributed by atoms with Gasteiger partial charge in [-0.25, -0.2) is 15.0 Å². The van der Waals surface area contributed by atoms with Gasteiger partial charge in [0.2, 0.25) is 11.8 Å². The van der Waals surface area contributed by atoms with Gasteiger partial charge in [0.1, 0.15) is 11.0 Å². The Morgan fingerprint density at radius 1 is 1.37 bits per heavy atom. The lowest BCUT2D eigenvalue weighted by molar-refractivity contribution is 0.101. The van der Waals surface area contributed by atoms with Gasteiger partial charge < -0.3 is 0 Å². The Morgan fingerprint density at radius 3 is 2.68 bits per heavy atom. The van der Waals surface area contributed by atoms with E-state index in [1.165, 1.54) is 0 Å². The molecule has 0 aromatic carbocycles. The van der Waals surface area contributed by atoms with E-state index in [-0.39, 0.29) is 22.8 Å². The number of aromatic nitrogens is 5. The van der Waals surface area contributed by atoms with Crippen molar-refractivity contribution < 1.29 is 4.79 Å². The maximum atomic E-state index is 11.9. The molecule has 0 unspecified atom stereocenters. The zero-order chi connectivity index (χ0) is 14.0. The van der Waals surface area contributed by atoms with Crippen LogP contribution in [0, 0.1) is 6.92 Å². The van der Waals surface area contributed by atoms with Gasteiger partial charge in [0.05, 0.1) is 0 Å². The minimum atomic E-state index is -0.482. The average molecular weight is 281 g/mol. The van der Waals surface area contributed by atoms with Crippen molar-refractivity contribution in [2.24, 2.45) is 0 Å². The third kappa shape index (κ3) is 3.25. The highest BCUT2D eigenvalue weighted by atomic mass is 35.5. The molecule has 0 aliphatic rings. The van der Waals surface area contributed by atoms with Crippen molar-refractivity contribution in [3.05, 3.63) is 28.6 Å². The number of aryl methyl sites for hydroxylation is 1. The van der Waals surface area contributed by atoms with E-state index >= 15 is 0 Å². The second kappa shape index (κ2) is 5.31. The fourth-order valence-corrected chi connectivity index (χ4v) is 1.62. The maximum absolute atomic E-state index is 11.9. The van der Waals surface area contributed by atoms with E-state index in [9.17, 15) is 4.79 Å². The first-order valence-corrected chi connectivity index (χ1v) is 6.08. The summed E-state index contributed by atoms with van der Waals surface area (Å²) in [6.07, 6.45) is 0. The van der Waals surface area contributed by atoms with Crippen LogP contribution in [0.4, 0.5) is 5.95 Å². The van der Waals surface area contributed by atoms with E-state index in [2.05, 4.69) is 30.5 Å². The molecule has 100 valence electrons. The van der Waals surface area contributed by atoms with Gasteiger partial charge in [-0.15, -0.1) is 5.10 Å². The molecule has 0 fully saturated rings. The molecular weight excluding hydrogens is 268 g/mol. The minimum Gasteiger partial charge on any atom is -0.288 e. The molecule has 0 bridgehead atoms. The van der Waals surface area contributed by atoms with Crippen LogP contribution in [0.5, 0.6) is 0 Å². The Bertz CT molecular complexity index is 589. The number of halogens is 1. The van der Waals surface area contributed by atoms with Gasteiger partial charge in [0.25, 0.3) is 5.91 Å². The molecule has 0 radical (unpaired) electrons. The Hall–Kier alpha value is -2.02. The zero-order valence-electron chi connectivity index (χ0n) is 10.7. The van der Waals surface area contributed by atoms with Gasteiger partial charge in [0.15, 0.2) is 0 Å². The summed E-state index contributed by atoms with van der Waals surface area (Å²) in [5.41, 5.74) is 0.660. The molecule has 2 rings (SSSR count). The number of nitrogens with zero attached hydrogens (tertiary/aromatic N) is 4. The van der Waals surface area contributed by atoms with Gasteiger partial charge in [-0.2, -0.15) is 0 Å². The largest absolute Gasteiger partial charge is 0.297 e. The van der Waals surface area contributed by atoms with Crippen molar-refractivity contribution in [3.63, 3.8) is 0 Å². The minimum absolute atomic E-state index is 0.0462. The van der Waals surface area contributed by atoms with Crippen molar-refractivity contribution in [1.29, 1.82) is 0 Å². The van der Waals surface area contributed by atoms with Crippen molar-refractivity contribution in [3.8, 4) is 0 Å². The first kappa shape index (κ1) is 13.4. The number of anilines is 1. The summed E-state index contributed by atoms with van der Waals surface area (Å²) in [6.45, 7) is 5.66. The molecule has 0 aliphatic heterocycles. The first-order valence-electron chi connectivity index (χ1n) is 5.70. The number of carbonyl (C=O) groups excluding carboxylic acids is 1. The molecule has 2 N–H and O–H groups in total. The summed E-state index contributed by atoms with van der Waals surface area (Å²) in [5.74, 6) is 0.507. The summed E-state index contributed by atoms with van der Waals surface area (Å²) >= 11 is 5.79. The van der Waals surface area contributed by atoms with Crippen LogP contribution in [-0.4, -0.2) is 31.1 Å². The van der Waals surface area contributed by atoms with E-state index in [4.69, 9.17) is 11.6 Å². The van der Waals surface area contributed by atoms with Crippen LogP contribution in [0.25, 0.3) is 0 Å². The Kier molecular flexibility index (Phi) is 3.75. The molecule has 0 aliphatic carbocycles. The third-order valence-corrected chi connectivity index (χ3v) is 2.49. The fourth-order valence-electron chi connectivity index (χ4n) is 1.38. The molecule has 8 heteroatoms. The molecule has 2 aromatic rings. The number of H-pyrrole nitrogens is 1. The average Bonchev–Trinajstić information content (AvgIpc) is 2.76. The second-order valence-electron chi connectivity index (χ2n) is 4.31. The van der Waals surface area contributed by atoms with E-state index in [1.807, 2.05) is 13.8 Å².